The number of amides is 1. The second kappa shape index (κ2) is 7.16. The van der Waals surface area contributed by atoms with E-state index in [1.54, 1.807) is 4.68 Å². The molecule has 0 aromatic carbocycles. The van der Waals surface area contributed by atoms with Crippen LogP contribution in [0.3, 0.4) is 0 Å². The van der Waals surface area contributed by atoms with Crippen LogP contribution in [-0.2, 0) is 13.0 Å². The van der Waals surface area contributed by atoms with Gasteiger partial charge in [-0.25, -0.2) is 0 Å². The van der Waals surface area contributed by atoms with Gasteiger partial charge in [0.05, 0.1) is 5.69 Å². The van der Waals surface area contributed by atoms with Crippen LogP contribution in [0.15, 0.2) is 6.07 Å². The van der Waals surface area contributed by atoms with E-state index in [-0.39, 0.29) is 11.9 Å². The van der Waals surface area contributed by atoms with Crippen LogP contribution in [0.1, 0.15) is 49.8 Å². The topological polar surface area (TPSA) is 72.9 Å². The van der Waals surface area contributed by atoms with E-state index in [9.17, 15) is 4.79 Å². The van der Waals surface area contributed by atoms with Crippen molar-refractivity contribution in [1.29, 1.82) is 0 Å². The maximum atomic E-state index is 12.0. The number of nitrogens with one attached hydrogen (secondary N) is 1. The minimum absolute atomic E-state index is 0.0302. The second-order valence-electron chi connectivity index (χ2n) is 4.45. The van der Waals surface area contributed by atoms with E-state index < -0.39 is 0 Å². The number of nitrogens with two attached hydrogens (primary N) is 1. The summed E-state index contributed by atoms with van der Waals surface area (Å²) >= 11 is 0. The lowest BCUT2D eigenvalue weighted by Crippen LogP contribution is -2.37. The number of carbonyl (C=O) groups is 1. The molecule has 1 unspecified atom stereocenters. The zero-order chi connectivity index (χ0) is 13.5. The molecule has 0 saturated heterocycles. The Kier molecular flexibility index (Phi) is 5.85. The molecule has 102 valence electrons. The van der Waals surface area contributed by atoms with Crippen molar-refractivity contribution in [3.8, 4) is 0 Å². The van der Waals surface area contributed by atoms with Gasteiger partial charge in [-0.2, -0.15) is 5.10 Å². The minimum Gasteiger partial charge on any atom is -0.349 e. The highest BCUT2D eigenvalue weighted by atomic mass is 16.2. The molecule has 1 amide bonds. The minimum atomic E-state index is -0.0874. The van der Waals surface area contributed by atoms with Gasteiger partial charge in [-0.15, -0.1) is 0 Å². The highest BCUT2D eigenvalue weighted by molar-refractivity contribution is 5.92. The number of carbonyl (C=O) groups excluding carboxylic acids is 1. The Balaban J connectivity index is 2.63. The molecule has 1 aromatic heterocycles. The number of hydrogen-bond acceptors (Lipinski definition) is 3. The summed E-state index contributed by atoms with van der Waals surface area (Å²) in [5.74, 6) is -0.0874. The first-order valence-electron chi connectivity index (χ1n) is 6.72. The van der Waals surface area contributed by atoms with Crippen molar-refractivity contribution in [2.75, 3.05) is 6.54 Å². The Bertz CT molecular complexity index is 386. The van der Waals surface area contributed by atoms with E-state index in [0.29, 0.717) is 18.8 Å². The normalized spacial score (nSPS) is 12.4. The van der Waals surface area contributed by atoms with Crippen molar-refractivity contribution in [3.05, 3.63) is 17.5 Å². The quantitative estimate of drug-likeness (QED) is 0.768. The summed E-state index contributed by atoms with van der Waals surface area (Å²) in [6.07, 6.45) is 2.79. The number of aromatic nitrogens is 2. The zero-order valence-corrected chi connectivity index (χ0v) is 11.6. The highest BCUT2D eigenvalue weighted by Gasteiger charge is 2.14. The van der Waals surface area contributed by atoms with E-state index in [4.69, 9.17) is 5.73 Å². The van der Waals surface area contributed by atoms with Gasteiger partial charge in [0.1, 0.15) is 5.69 Å². The first-order chi connectivity index (χ1) is 8.62. The van der Waals surface area contributed by atoms with Crippen molar-refractivity contribution >= 4 is 5.91 Å². The summed E-state index contributed by atoms with van der Waals surface area (Å²) in [7, 11) is 0. The number of aryl methyl sites for hydroxylation is 2. The van der Waals surface area contributed by atoms with Gasteiger partial charge in [0.15, 0.2) is 0 Å². The lowest BCUT2D eigenvalue weighted by Gasteiger charge is -2.11. The number of nitrogens with zero attached hydrogens (tertiary/aromatic N) is 2. The van der Waals surface area contributed by atoms with Crippen LogP contribution in [0.4, 0.5) is 0 Å². The van der Waals surface area contributed by atoms with Gasteiger partial charge in [-0.3, -0.25) is 9.48 Å². The summed E-state index contributed by atoms with van der Waals surface area (Å²) in [5, 5.41) is 7.23. The van der Waals surface area contributed by atoms with Crippen molar-refractivity contribution in [2.24, 2.45) is 5.73 Å². The molecule has 0 aliphatic carbocycles. The third kappa shape index (κ3) is 3.84. The van der Waals surface area contributed by atoms with E-state index in [0.717, 1.165) is 25.0 Å². The molecule has 5 heteroatoms. The standard InChI is InChI=1S/C13H24N4O/c1-4-7-10(14)9-15-13(18)12-8-11(5-2)16-17(12)6-3/h8,10H,4-7,9,14H2,1-3H3,(H,15,18). The van der Waals surface area contributed by atoms with Gasteiger partial charge < -0.3 is 11.1 Å². The average Bonchev–Trinajstić information content (AvgIpc) is 2.79. The smallest absolute Gasteiger partial charge is 0.269 e. The Labute approximate surface area is 109 Å². The Morgan fingerprint density at radius 2 is 2.22 bits per heavy atom. The van der Waals surface area contributed by atoms with Crippen LogP contribution in [0, 0.1) is 0 Å². The highest BCUT2D eigenvalue weighted by Crippen LogP contribution is 2.05. The summed E-state index contributed by atoms with van der Waals surface area (Å²) in [4.78, 5) is 12.0. The van der Waals surface area contributed by atoms with Crippen LogP contribution in [-0.4, -0.2) is 28.3 Å². The monoisotopic (exact) mass is 252 g/mol. The molecule has 0 aliphatic rings. The van der Waals surface area contributed by atoms with Crippen molar-refractivity contribution in [1.82, 2.24) is 15.1 Å². The first-order valence-corrected chi connectivity index (χ1v) is 6.72. The largest absolute Gasteiger partial charge is 0.349 e. The van der Waals surface area contributed by atoms with Crippen LogP contribution in [0.2, 0.25) is 0 Å². The van der Waals surface area contributed by atoms with E-state index in [1.165, 1.54) is 0 Å². The summed E-state index contributed by atoms with van der Waals surface area (Å²) in [6, 6.07) is 1.88. The van der Waals surface area contributed by atoms with Gasteiger partial charge in [0, 0.05) is 19.1 Å². The molecule has 1 rings (SSSR count). The molecule has 1 atom stereocenters. The van der Waals surface area contributed by atoms with E-state index in [1.807, 2.05) is 19.9 Å². The SMILES string of the molecule is CCCC(N)CNC(=O)c1cc(CC)nn1CC. The molecule has 0 bridgehead atoms. The maximum absolute atomic E-state index is 12.0. The molecule has 0 fully saturated rings. The van der Waals surface area contributed by atoms with Gasteiger partial charge >= 0.3 is 0 Å². The van der Waals surface area contributed by atoms with Gasteiger partial charge in [0.2, 0.25) is 0 Å². The molecule has 1 heterocycles. The van der Waals surface area contributed by atoms with Crippen LogP contribution < -0.4 is 11.1 Å². The second-order valence-corrected chi connectivity index (χ2v) is 4.45. The van der Waals surface area contributed by atoms with Gasteiger partial charge in [0.25, 0.3) is 5.91 Å². The van der Waals surface area contributed by atoms with Crippen LogP contribution in [0.25, 0.3) is 0 Å². The Hall–Kier alpha value is -1.36. The molecule has 0 radical (unpaired) electrons. The van der Waals surface area contributed by atoms with Gasteiger partial charge in [-0.05, 0) is 25.8 Å². The van der Waals surface area contributed by atoms with Gasteiger partial charge in [-0.1, -0.05) is 20.3 Å². The zero-order valence-electron chi connectivity index (χ0n) is 11.6. The fourth-order valence-corrected chi connectivity index (χ4v) is 1.85. The predicted octanol–water partition coefficient (Wildman–Crippen LogP) is 1.32. The molecule has 0 saturated carbocycles. The van der Waals surface area contributed by atoms with Crippen molar-refractivity contribution < 1.29 is 4.79 Å². The summed E-state index contributed by atoms with van der Waals surface area (Å²) in [5.41, 5.74) is 7.44. The number of hydrogen-bond donors (Lipinski definition) is 2. The lowest BCUT2D eigenvalue weighted by molar-refractivity contribution is 0.0940. The van der Waals surface area contributed by atoms with E-state index >= 15 is 0 Å². The molecule has 18 heavy (non-hydrogen) atoms. The molecular formula is C13H24N4O. The summed E-state index contributed by atoms with van der Waals surface area (Å²) < 4.78 is 1.74. The molecular weight excluding hydrogens is 228 g/mol. The predicted molar refractivity (Wildman–Crippen MR) is 72.5 cm³/mol. The third-order valence-corrected chi connectivity index (χ3v) is 2.91. The molecule has 5 nitrogen and oxygen atoms in total. The fraction of sp³-hybridized carbons (Fsp3) is 0.692. The molecule has 1 aromatic rings. The summed E-state index contributed by atoms with van der Waals surface area (Å²) in [6.45, 7) is 7.31. The fourth-order valence-electron chi connectivity index (χ4n) is 1.85. The van der Waals surface area contributed by atoms with Crippen LogP contribution in [0.5, 0.6) is 0 Å². The molecule has 0 aliphatic heterocycles. The maximum Gasteiger partial charge on any atom is 0.269 e. The molecule has 3 N–H and O–H groups in total. The Morgan fingerprint density at radius 1 is 1.50 bits per heavy atom. The lowest BCUT2D eigenvalue weighted by atomic mass is 10.2. The Morgan fingerprint density at radius 3 is 2.78 bits per heavy atom. The first kappa shape index (κ1) is 14.7. The van der Waals surface area contributed by atoms with E-state index in [2.05, 4.69) is 17.3 Å². The van der Waals surface area contributed by atoms with Crippen molar-refractivity contribution in [2.45, 2.75) is 52.6 Å². The third-order valence-electron chi connectivity index (χ3n) is 2.91. The average molecular weight is 252 g/mol. The van der Waals surface area contributed by atoms with Crippen LogP contribution >= 0.6 is 0 Å². The molecule has 0 spiro atoms. The number of rotatable bonds is 7. The van der Waals surface area contributed by atoms with Crippen molar-refractivity contribution in [3.63, 3.8) is 0 Å².